The van der Waals surface area contributed by atoms with E-state index in [1.807, 2.05) is 40.7 Å². The Hall–Kier alpha value is -1.53. The van der Waals surface area contributed by atoms with Gasteiger partial charge in [0.25, 0.3) is 0 Å². The quantitative estimate of drug-likeness (QED) is 0.842. The molecule has 1 fully saturated rings. The number of alkyl carbamates (subject to hydrolysis) is 1. The van der Waals surface area contributed by atoms with E-state index >= 15 is 0 Å². The summed E-state index contributed by atoms with van der Waals surface area (Å²) in [5.74, 6) is 0.906. The van der Waals surface area contributed by atoms with Gasteiger partial charge in [0.1, 0.15) is 11.4 Å². The van der Waals surface area contributed by atoms with E-state index in [2.05, 4.69) is 10.6 Å². The topological polar surface area (TPSA) is 72.7 Å². The number of hydrogen-bond donors (Lipinski definition) is 2. The minimum atomic E-state index is -0.499. The first-order valence-electron chi connectivity index (χ1n) is 8.17. The molecule has 0 saturated heterocycles. The first-order chi connectivity index (χ1) is 10.8. The van der Waals surface area contributed by atoms with Crippen LogP contribution in [0.5, 0.6) is 0 Å². The molecule has 0 bridgehead atoms. The van der Waals surface area contributed by atoms with Crippen LogP contribution in [0.15, 0.2) is 16.7 Å². The Balaban J connectivity index is 1.89. The van der Waals surface area contributed by atoms with Gasteiger partial charge in [-0.3, -0.25) is 0 Å². The number of nitrogens with one attached hydrogen (secondary N) is 2. The Kier molecular flexibility index (Phi) is 5.70. The van der Waals surface area contributed by atoms with E-state index in [9.17, 15) is 4.79 Å². The molecule has 0 spiro atoms. The molecule has 3 atom stereocenters. The van der Waals surface area contributed by atoms with Gasteiger partial charge in [-0.05, 0) is 52.7 Å². The second kappa shape index (κ2) is 7.36. The summed E-state index contributed by atoms with van der Waals surface area (Å²) in [7, 11) is 0. The molecule has 2 rings (SSSR count). The van der Waals surface area contributed by atoms with Crippen LogP contribution in [0.4, 0.5) is 4.79 Å². The van der Waals surface area contributed by atoms with Crippen LogP contribution in [0.2, 0.25) is 0 Å². The Bertz CT molecular complexity index is 521. The van der Waals surface area contributed by atoms with Crippen LogP contribution in [-0.2, 0) is 16.0 Å². The van der Waals surface area contributed by atoms with E-state index in [4.69, 9.17) is 13.9 Å². The van der Waals surface area contributed by atoms with Crippen molar-refractivity contribution in [3.63, 3.8) is 0 Å². The van der Waals surface area contributed by atoms with Crippen LogP contribution in [0, 0.1) is 6.92 Å². The molecule has 2 N–H and O–H groups in total. The lowest BCUT2D eigenvalue weighted by Crippen LogP contribution is -2.66. The Morgan fingerprint density at radius 3 is 2.74 bits per heavy atom. The summed E-state index contributed by atoms with van der Waals surface area (Å²) in [5.41, 5.74) is 0.614. The Morgan fingerprint density at radius 2 is 2.17 bits per heavy atom. The zero-order valence-corrected chi connectivity index (χ0v) is 14.6. The van der Waals surface area contributed by atoms with Crippen molar-refractivity contribution in [3.8, 4) is 0 Å². The molecule has 1 heterocycles. The number of hydrogen-bond acceptors (Lipinski definition) is 5. The maximum atomic E-state index is 11.9. The molecule has 0 aromatic carbocycles. The predicted molar refractivity (Wildman–Crippen MR) is 87.3 cm³/mol. The van der Waals surface area contributed by atoms with Gasteiger partial charge in [0.05, 0.1) is 31.0 Å². The van der Waals surface area contributed by atoms with E-state index in [0.29, 0.717) is 13.2 Å². The fourth-order valence-corrected chi connectivity index (χ4v) is 2.67. The summed E-state index contributed by atoms with van der Waals surface area (Å²) in [6, 6.07) is 1.98. The third-order valence-corrected chi connectivity index (χ3v) is 3.87. The van der Waals surface area contributed by atoms with E-state index < -0.39 is 11.7 Å². The summed E-state index contributed by atoms with van der Waals surface area (Å²) in [5, 5.41) is 6.35. The van der Waals surface area contributed by atoms with Gasteiger partial charge in [-0.25, -0.2) is 4.79 Å². The lowest BCUT2D eigenvalue weighted by atomic mass is 9.82. The lowest BCUT2D eigenvalue weighted by molar-refractivity contribution is -0.0442. The molecule has 23 heavy (non-hydrogen) atoms. The highest BCUT2D eigenvalue weighted by molar-refractivity contribution is 5.68. The number of carbonyl (C=O) groups is 1. The minimum absolute atomic E-state index is 0.00308. The van der Waals surface area contributed by atoms with E-state index in [-0.39, 0.29) is 18.2 Å². The van der Waals surface area contributed by atoms with Gasteiger partial charge in [-0.15, -0.1) is 0 Å². The zero-order valence-electron chi connectivity index (χ0n) is 14.6. The van der Waals surface area contributed by atoms with Gasteiger partial charge in [0.2, 0.25) is 0 Å². The summed E-state index contributed by atoms with van der Waals surface area (Å²) in [4.78, 5) is 11.9. The second-order valence-corrected chi connectivity index (χ2v) is 6.92. The first kappa shape index (κ1) is 17.8. The number of ether oxygens (including phenoxy) is 2. The lowest BCUT2D eigenvalue weighted by Gasteiger charge is -2.44. The van der Waals surface area contributed by atoms with E-state index in [1.165, 1.54) is 0 Å². The molecule has 0 aliphatic heterocycles. The molecule has 1 aromatic rings. The van der Waals surface area contributed by atoms with Crippen LogP contribution in [-0.4, -0.2) is 36.5 Å². The van der Waals surface area contributed by atoms with Gasteiger partial charge in [-0.2, -0.15) is 0 Å². The second-order valence-electron chi connectivity index (χ2n) is 6.92. The van der Waals surface area contributed by atoms with Crippen LogP contribution in [0.3, 0.4) is 0 Å². The van der Waals surface area contributed by atoms with Crippen molar-refractivity contribution in [2.75, 3.05) is 6.61 Å². The van der Waals surface area contributed by atoms with Gasteiger partial charge in [0, 0.05) is 6.61 Å². The van der Waals surface area contributed by atoms with Gasteiger partial charge < -0.3 is 24.5 Å². The van der Waals surface area contributed by atoms with Crippen molar-refractivity contribution in [2.45, 2.75) is 71.4 Å². The molecule has 1 saturated carbocycles. The highest BCUT2D eigenvalue weighted by Crippen LogP contribution is 2.25. The van der Waals surface area contributed by atoms with Crippen LogP contribution < -0.4 is 10.6 Å². The predicted octanol–water partition coefficient (Wildman–Crippen LogP) is 2.75. The van der Waals surface area contributed by atoms with E-state index in [1.54, 1.807) is 6.26 Å². The monoisotopic (exact) mass is 324 g/mol. The van der Waals surface area contributed by atoms with Gasteiger partial charge >= 0.3 is 6.09 Å². The molecule has 1 amide bonds. The first-order valence-corrected chi connectivity index (χ1v) is 8.17. The number of rotatable bonds is 6. The number of aryl methyl sites for hydroxylation is 1. The van der Waals surface area contributed by atoms with Crippen molar-refractivity contribution in [3.05, 3.63) is 23.7 Å². The smallest absolute Gasteiger partial charge is 0.407 e. The van der Waals surface area contributed by atoms with E-state index in [0.717, 1.165) is 17.7 Å². The van der Waals surface area contributed by atoms with Crippen LogP contribution in [0.1, 0.15) is 45.4 Å². The van der Waals surface area contributed by atoms with Gasteiger partial charge in [-0.1, -0.05) is 0 Å². The number of amides is 1. The summed E-state index contributed by atoms with van der Waals surface area (Å²) >= 11 is 0. The van der Waals surface area contributed by atoms with Crippen LogP contribution >= 0.6 is 0 Å². The van der Waals surface area contributed by atoms with Crippen molar-refractivity contribution in [1.29, 1.82) is 0 Å². The molecular weight excluding hydrogens is 296 g/mol. The Labute approximate surface area is 137 Å². The van der Waals surface area contributed by atoms with Crippen molar-refractivity contribution >= 4 is 6.09 Å². The number of furan rings is 1. The maximum Gasteiger partial charge on any atom is 0.407 e. The molecule has 6 heteroatoms. The average Bonchev–Trinajstić information content (AvgIpc) is 2.81. The summed E-state index contributed by atoms with van der Waals surface area (Å²) in [6.45, 7) is 10.8. The normalized spacial score (nSPS) is 24.1. The van der Waals surface area contributed by atoms with Crippen molar-refractivity contribution in [1.82, 2.24) is 10.6 Å². The third kappa shape index (κ3) is 4.97. The highest BCUT2D eigenvalue weighted by atomic mass is 16.6. The van der Waals surface area contributed by atoms with Crippen molar-refractivity contribution in [2.24, 2.45) is 0 Å². The molecule has 1 aromatic heterocycles. The van der Waals surface area contributed by atoms with Gasteiger partial charge in [0.15, 0.2) is 0 Å². The van der Waals surface area contributed by atoms with Crippen molar-refractivity contribution < 1.29 is 18.7 Å². The molecule has 130 valence electrons. The molecule has 1 aliphatic rings. The molecule has 0 radical (unpaired) electrons. The summed E-state index contributed by atoms with van der Waals surface area (Å²) in [6.07, 6.45) is 2.17. The zero-order chi connectivity index (χ0) is 17.0. The fraction of sp³-hybridized carbons (Fsp3) is 0.706. The Morgan fingerprint density at radius 1 is 1.43 bits per heavy atom. The molecular formula is C17H28N2O4. The standard InChI is InChI=1S/C17H28N2O4/c1-6-21-13-9-12(19-16(20)23-17(3,4)5)15(13)18-10-14-11(2)7-8-22-14/h7-8,12-13,15,18H,6,9-10H2,1-5H3,(H,19,20). The fourth-order valence-electron chi connectivity index (χ4n) is 2.67. The molecule has 1 aliphatic carbocycles. The molecule has 3 unspecified atom stereocenters. The number of carbonyl (C=O) groups excluding carboxylic acids is 1. The summed E-state index contributed by atoms with van der Waals surface area (Å²) < 4.78 is 16.5. The SMILES string of the molecule is CCOC1CC(NC(=O)OC(C)(C)C)C1NCc1occc1C. The largest absolute Gasteiger partial charge is 0.468 e. The third-order valence-electron chi connectivity index (χ3n) is 3.87. The molecule has 6 nitrogen and oxygen atoms in total. The van der Waals surface area contributed by atoms with Crippen LogP contribution in [0.25, 0.3) is 0 Å². The minimum Gasteiger partial charge on any atom is -0.468 e. The maximum absolute atomic E-state index is 11.9. The highest BCUT2D eigenvalue weighted by Gasteiger charge is 2.43. The average molecular weight is 324 g/mol.